The first kappa shape index (κ1) is 12.8. The molecule has 0 amide bonds. The van der Waals surface area contributed by atoms with Gasteiger partial charge in [0.15, 0.2) is 5.69 Å². The topological polar surface area (TPSA) is 55.6 Å². The van der Waals surface area contributed by atoms with E-state index in [0.717, 1.165) is 6.61 Å². The average molecular weight is 249 g/mol. The fourth-order valence-corrected chi connectivity index (χ4v) is 1.38. The fourth-order valence-electron chi connectivity index (χ4n) is 1.38. The summed E-state index contributed by atoms with van der Waals surface area (Å²) in [5.74, 6) is 0.577. The molecule has 0 aromatic heterocycles. The van der Waals surface area contributed by atoms with E-state index in [9.17, 15) is 5.11 Å². The summed E-state index contributed by atoms with van der Waals surface area (Å²) in [5, 5.41) is 9.62. The molecule has 0 bridgehead atoms. The summed E-state index contributed by atoms with van der Waals surface area (Å²) in [7, 11) is 0. The van der Waals surface area contributed by atoms with Gasteiger partial charge in [-0.05, 0) is 12.1 Å². The molecule has 1 aromatic carbocycles. The van der Waals surface area contributed by atoms with Crippen molar-refractivity contribution in [2.24, 2.45) is 0 Å². The number of hydrogen-bond acceptors (Lipinski definition) is 4. The van der Waals surface area contributed by atoms with Crippen LogP contribution in [-0.4, -0.2) is 43.7 Å². The summed E-state index contributed by atoms with van der Waals surface area (Å²) >= 11 is 0. The Bertz CT molecular complexity index is 425. The predicted octanol–water partition coefficient (Wildman–Crippen LogP) is 1.39. The van der Waals surface area contributed by atoms with E-state index in [4.69, 9.17) is 20.8 Å². The monoisotopic (exact) mass is 249 g/mol. The van der Waals surface area contributed by atoms with Crippen molar-refractivity contribution >= 4 is 5.69 Å². The highest BCUT2D eigenvalue weighted by atomic mass is 16.6. The summed E-state index contributed by atoms with van der Waals surface area (Å²) < 4.78 is 15.6. The van der Waals surface area contributed by atoms with Gasteiger partial charge >= 0.3 is 0 Å². The Hall–Kier alpha value is -1.61. The first-order valence-electron chi connectivity index (χ1n) is 5.75. The maximum absolute atomic E-state index is 9.62. The number of aliphatic hydroxyl groups is 1. The average Bonchev–Trinajstić information content (AvgIpc) is 3.21. The molecule has 2 unspecified atom stereocenters. The lowest BCUT2D eigenvalue weighted by atomic mass is 10.3. The molecular weight excluding hydrogens is 234 g/mol. The Kier molecular flexibility index (Phi) is 4.53. The zero-order valence-corrected chi connectivity index (χ0v) is 9.91. The summed E-state index contributed by atoms with van der Waals surface area (Å²) in [6.45, 7) is 8.52. The van der Waals surface area contributed by atoms with Crippen LogP contribution >= 0.6 is 0 Å². The molecule has 1 aliphatic rings. The normalized spacial score (nSPS) is 19.0. The number of rotatable bonds is 7. The molecule has 0 aliphatic carbocycles. The maximum atomic E-state index is 9.62. The Balaban J connectivity index is 1.67. The van der Waals surface area contributed by atoms with Crippen LogP contribution in [0.1, 0.15) is 0 Å². The summed E-state index contributed by atoms with van der Waals surface area (Å²) in [6.07, 6.45) is -0.478. The molecular formula is C13H15NO4. The number of epoxide rings is 1. The van der Waals surface area contributed by atoms with Crippen molar-refractivity contribution in [1.29, 1.82) is 0 Å². The maximum Gasteiger partial charge on any atom is 0.190 e. The van der Waals surface area contributed by atoms with Crippen LogP contribution in [0.25, 0.3) is 4.85 Å². The van der Waals surface area contributed by atoms with Crippen LogP contribution in [0.15, 0.2) is 24.3 Å². The van der Waals surface area contributed by atoms with Crippen molar-refractivity contribution in [3.8, 4) is 5.75 Å². The van der Waals surface area contributed by atoms with Crippen molar-refractivity contribution in [3.05, 3.63) is 35.7 Å². The summed E-state index contributed by atoms with van der Waals surface area (Å²) in [5.41, 5.74) is 0.518. The number of hydrogen-bond donors (Lipinski definition) is 1. The molecule has 1 aliphatic heterocycles. The van der Waals surface area contributed by atoms with Crippen LogP contribution in [0.5, 0.6) is 5.75 Å². The van der Waals surface area contributed by atoms with Gasteiger partial charge in [-0.1, -0.05) is 12.1 Å². The molecule has 1 N–H and O–H groups in total. The third kappa shape index (κ3) is 4.34. The van der Waals surface area contributed by atoms with E-state index in [1.165, 1.54) is 0 Å². The van der Waals surface area contributed by atoms with Crippen LogP contribution in [-0.2, 0) is 9.47 Å². The third-order valence-corrected chi connectivity index (χ3v) is 2.41. The quantitative estimate of drug-likeness (QED) is 0.586. The standard InChI is InChI=1S/C13H15NO4/c1-14-10-3-2-4-12(5-10)17-7-11(15)6-16-8-13-9-18-13/h2-5,11,13,15H,6-9H2. The van der Waals surface area contributed by atoms with E-state index < -0.39 is 6.10 Å². The largest absolute Gasteiger partial charge is 0.492 e. The minimum absolute atomic E-state index is 0.146. The fraction of sp³-hybridized carbons (Fsp3) is 0.462. The molecule has 0 spiro atoms. The predicted molar refractivity (Wildman–Crippen MR) is 64.8 cm³/mol. The molecule has 2 rings (SSSR count). The second-order valence-electron chi connectivity index (χ2n) is 4.07. The lowest BCUT2D eigenvalue weighted by molar-refractivity contribution is 0.00762. The zero-order valence-electron chi connectivity index (χ0n) is 9.91. The second kappa shape index (κ2) is 6.36. The van der Waals surface area contributed by atoms with Crippen molar-refractivity contribution in [1.82, 2.24) is 0 Å². The first-order valence-corrected chi connectivity index (χ1v) is 5.75. The molecule has 1 fully saturated rings. The van der Waals surface area contributed by atoms with Crippen molar-refractivity contribution in [3.63, 3.8) is 0 Å². The van der Waals surface area contributed by atoms with Gasteiger partial charge < -0.3 is 19.3 Å². The summed E-state index contributed by atoms with van der Waals surface area (Å²) in [4.78, 5) is 3.30. The number of aliphatic hydroxyl groups excluding tert-OH is 1. The lowest BCUT2D eigenvalue weighted by Gasteiger charge is -2.12. The molecule has 5 heteroatoms. The van der Waals surface area contributed by atoms with Gasteiger partial charge in [0.05, 0.1) is 26.4 Å². The second-order valence-corrected chi connectivity index (χ2v) is 4.07. The molecule has 1 saturated heterocycles. The first-order chi connectivity index (χ1) is 8.78. The molecule has 18 heavy (non-hydrogen) atoms. The van der Waals surface area contributed by atoms with E-state index in [1.807, 2.05) is 0 Å². The smallest absolute Gasteiger partial charge is 0.190 e. The van der Waals surface area contributed by atoms with E-state index in [0.29, 0.717) is 18.0 Å². The van der Waals surface area contributed by atoms with Gasteiger partial charge in [0.25, 0.3) is 0 Å². The third-order valence-electron chi connectivity index (χ3n) is 2.41. The van der Waals surface area contributed by atoms with E-state index in [2.05, 4.69) is 4.85 Å². The van der Waals surface area contributed by atoms with E-state index in [-0.39, 0.29) is 19.3 Å². The highest BCUT2D eigenvalue weighted by Crippen LogP contribution is 2.19. The van der Waals surface area contributed by atoms with Gasteiger partial charge in [-0.2, -0.15) is 0 Å². The molecule has 5 nitrogen and oxygen atoms in total. The van der Waals surface area contributed by atoms with Gasteiger partial charge in [0, 0.05) is 0 Å². The van der Waals surface area contributed by atoms with Gasteiger partial charge in [0.1, 0.15) is 24.6 Å². The Labute approximate surface area is 106 Å². The minimum atomic E-state index is -0.680. The summed E-state index contributed by atoms with van der Waals surface area (Å²) in [6, 6.07) is 6.84. The Morgan fingerprint density at radius 3 is 3.06 bits per heavy atom. The van der Waals surface area contributed by atoms with Crippen LogP contribution in [0.2, 0.25) is 0 Å². The molecule has 2 atom stereocenters. The van der Waals surface area contributed by atoms with Crippen molar-refractivity contribution in [2.75, 3.05) is 26.4 Å². The SMILES string of the molecule is [C-]#[N+]c1cccc(OCC(O)COCC2CO2)c1. The van der Waals surface area contributed by atoms with Crippen molar-refractivity contribution < 1.29 is 19.3 Å². The molecule has 1 heterocycles. The van der Waals surface area contributed by atoms with Gasteiger partial charge in [-0.3, -0.25) is 0 Å². The zero-order chi connectivity index (χ0) is 12.8. The van der Waals surface area contributed by atoms with Crippen LogP contribution in [0, 0.1) is 6.57 Å². The highest BCUT2D eigenvalue weighted by molar-refractivity contribution is 5.48. The Morgan fingerprint density at radius 1 is 1.50 bits per heavy atom. The van der Waals surface area contributed by atoms with E-state index >= 15 is 0 Å². The van der Waals surface area contributed by atoms with Gasteiger partial charge in [-0.15, -0.1) is 0 Å². The van der Waals surface area contributed by atoms with Crippen LogP contribution in [0.4, 0.5) is 5.69 Å². The van der Waals surface area contributed by atoms with E-state index in [1.54, 1.807) is 24.3 Å². The van der Waals surface area contributed by atoms with Gasteiger partial charge in [0.2, 0.25) is 0 Å². The molecule has 1 aromatic rings. The molecule has 0 radical (unpaired) electrons. The van der Waals surface area contributed by atoms with Crippen LogP contribution in [0.3, 0.4) is 0 Å². The number of ether oxygens (including phenoxy) is 3. The minimum Gasteiger partial charge on any atom is -0.492 e. The molecule has 96 valence electrons. The molecule has 0 saturated carbocycles. The van der Waals surface area contributed by atoms with Gasteiger partial charge in [-0.25, -0.2) is 4.85 Å². The Morgan fingerprint density at radius 2 is 2.33 bits per heavy atom. The lowest BCUT2D eigenvalue weighted by Crippen LogP contribution is -2.24. The van der Waals surface area contributed by atoms with Crippen LogP contribution < -0.4 is 4.74 Å². The van der Waals surface area contributed by atoms with Crippen molar-refractivity contribution in [2.45, 2.75) is 12.2 Å². The highest BCUT2D eigenvalue weighted by Gasteiger charge is 2.22. The number of benzene rings is 1. The number of nitrogens with zero attached hydrogens (tertiary/aromatic N) is 1.